The Labute approximate surface area is 109 Å². The van der Waals surface area contributed by atoms with Gasteiger partial charge >= 0.3 is 0 Å². The number of carbonyl (C=O) groups excluding carboxylic acids is 2. The SMILES string of the molecule is CC1CC(C)CC(N2CCC(=O)NC(C)C2=O)C1. The van der Waals surface area contributed by atoms with Crippen molar-refractivity contribution in [3.05, 3.63) is 0 Å². The van der Waals surface area contributed by atoms with E-state index in [9.17, 15) is 9.59 Å². The van der Waals surface area contributed by atoms with Crippen molar-refractivity contribution in [3.63, 3.8) is 0 Å². The number of nitrogens with zero attached hydrogens (tertiary/aromatic N) is 1. The van der Waals surface area contributed by atoms with E-state index in [1.165, 1.54) is 6.42 Å². The summed E-state index contributed by atoms with van der Waals surface area (Å²) in [4.78, 5) is 25.8. The van der Waals surface area contributed by atoms with E-state index < -0.39 is 0 Å². The van der Waals surface area contributed by atoms with Crippen LogP contribution in [0.2, 0.25) is 0 Å². The van der Waals surface area contributed by atoms with Gasteiger partial charge in [-0.05, 0) is 38.0 Å². The standard InChI is InChI=1S/C14H24N2O2/c1-9-6-10(2)8-12(7-9)16-5-4-13(17)15-11(3)14(16)18/h9-12H,4-8H2,1-3H3,(H,15,17). The van der Waals surface area contributed by atoms with Gasteiger partial charge in [-0.15, -0.1) is 0 Å². The predicted octanol–water partition coefficient (Wildman–Crippen LogP) is 1.55. The summed E-state index contributed by atoms with van der Waals surface area (Å²) in [7, 11) is 0. The number of rotatable bonds is 1. The third-order valence-corrected chi connectivity index (χ3v) is 4.21. The van der Waals surface area contributed by atoms with Gasteiger partial charge in [-0.25, -0.2) is 0 Å². The van der Waals surface area contributed by atoms with Crippen LogP contribution in [0.3, 0.4) is 0 Å². The van der Waals surface area contributed by atoms with Gasteiger partial charge in [-0.3, -0.25) is 9.59 Å². The highest BCUT2D eigenvalue weighted by Crippen LogP contribution is 2.32. The molecule has 2 rings (SSSR count). The molecule has 1 saturated heterocycles. The average molecular weight is 252 g/mol. The Morgan fingerprint density at radius 3 is 2.28 bits per heavy atom. The Bertz CT molecular complexity index is 333. The molecule has 1 aliphatic carbocycles. The van der Waals surface area contributed by atoms with E-state index in [0.29, 0.717) is 30.8 Å². The fraction of sp³-hybridized carbons (Fsp3) is 0.857. The summed E-state index contributed by atoms with van der Waals surface area (Å²) in [6, 6.07) is -0.0426. The molecule has 102 valence electrons. The first-order valence-electron chi connectivity index (χ1n) is 7.07. The van der Waals surface area contributed by atoms with Crippen LogP contribution in [-0.4, -0.2) is 35.3 Å². The summed E-state index contributed by atoms with van der Waals surface area (Å²) in [6.45, 7) is 6.89. The fourth-order valence-corrected chi connectivity index (χ4v) is 3.48. The minimum Gasteiger partial charge on any atom is -0.345 e. The zero-order valence-corrected chi connectivity index (χ0v) is 11.6. The van der Waals surface area contributed by atoms with Crippen LogP contribution in [0.25, 0.3) is 0 Å². The van der Waals surface area contributed by atoms with Gasteiger partial charge < -0.3 is 10.2 Å². The molecular weight excluding hydrogens is 228 g/mol. The van der Waals surface area contributed by atoms with Crippen molar-refractivity contribution >= 4 is 11.8 Å². The van der Waals surface area contributed by atoms with Gasteiger partial charge in [0.1, 0.15) is 6.04 Å². The molecule has 3 atom stereocenters. The molecule has 2 fully saturated rings. The number of hydrogen-bond donors (Lipinski definition) is 1. The minimum atomic E-state index is -0.368. The topological polar surface area (TPSA) is 49.4 Å². The largest absolute Gasteiger partial charge is 0.345 e. The molecule has 1 N–H and O–H groups in total. The van der Waals surface area contributed by atoms with Gasteiger partial charge in [0.15, 0.2) is 0 Å². The molecule has 18 heavy (non-hydrogen) atoms. The third kappa shape index (κ3) is 2.85. The molecule has 4 heteroatoms. The van der Waals surface area contributed by atoms with Gasteiger partial charge in [-0.2, -0.15) is 0 Å². The van der Waals surface area contributed by atoms with E-state index >= 15 is 0 Å². The van der Waals surface area contributed by atoms with Crippen LogP contribution < -0.4 is 5.32 Å². The van der Waals surface area contributed by atoms with Gasteiger partial charge in [0, 0.05) is 19.0 Å². The molecule has 3 unspecified atom stereocenters. The highest BCUT2D eigenvalue weighted by atomic mass is 16.2. The summed E-state index contributed by atoms with van der Waals surface area (Å²) in [5.74, 6) is 1.44. The van der Waals surface area contributed by atoms with Crippen molar-refractivity contribution in [2.45, 2.75) is 58.5 Å². The van der Waals surface area contributed by atoms with Crippen LogP contribution in [0.5, 0.6) is 0 Å². The Hall–Kier alpha value is -1.06. The second kappa shape index (κ2) is 5.29. The monoisotopic (exact) mass is 252 g/mol. The van der Waals surface area contributed by atoms with Gasteiger partial charge in [0.2, 0.25) is 11.8 Å². The average Bonchev–Trinajstić information content (AvgIpc) is 2.38. The van der Waals surface area contributed by atoms with E-state index in [2.05, 4.69) is 19.2 Å². The molecule has 0 aromatic heterocycles. The van der Waals surface area contributed by atoms with Crippen molar-refractivity contribution in [1.29, 1.82) is 0 Å². The summed E-state index contributed by atoms with van der Waals surface area (Å²) < 4.78 is 0. The van der Waals surface area contributed by atoms with Gasteiger partial charge in [0.05, 0.1) is 0 Å². The first-order valence-corrected chi connectivity index (χ1v) is 7.07. The lowest BCUT2D eigenvalue weighted by molar-refractivity contribution is -0.136. The molecular formula is C14H24N2O2. The molecule has 1 saturated carbocycles. The number of hydrogen-bond acceptors (Lipinski definition) is 2. The van der Waals surface area contributed by atoms with Crippen LogP contribution in [0.1, 0.15) is 46.5 Å². The normalized spacial score (nSPS) is 38.3. The number of nitrogens with one attached hydrogen (secondary N) is 1. The van der Waals surface area contributed by atoms with Gasteiger partial charge in [-0.1, -0.05) is 13.8 Å². The molecule has 4 nitrogen and oxygen atoms in total. The van der Waals surface area contributed by atoms with Crippen molar-refractivity contribution in [2.24, 2.45) is 11.8 Å². The minimum absolute atomic E-state index is 0.00439. The van der Waals surface area contributed by atoms with Crippen molar-refractivity contribution in [2.75, 3.05) is 6.54 Å². The van der Waals surface area contributed by atoms with E-state index in [0.717, 1.165) is 12.8 Å². The maximum absolute atomic E-state index is 12.3. The molecule has 1 aliphatic heterocycles. The zero-order chi connectivity index (χ0) is 13.3. The Kier molecular flexibility index (Phi) is 3.93. The van der Waals surface area contributed by atoms with E-state index in [4.69, 9.17) is 0 Å². The quantitative estimate of drug-likeness (QED) is 0.769. The fourth-order valence-electron chi connectivity index (χ4n) is 3.48. The Balaban J connectivity index is 2.10. The predicted molar refractivity (Wildman–Crippen MR) is 69.9 cm³/mol. The van der Waals surface area contributed by atoms with E-state index in [-0.39, 0.29) is 17.9 Å². The van der Waals surface area contributed by atoms with Crippen LogP contribution in [0.4, 0.5) is 0 Å². The lowest BCUT2D eigenvalue weighted by Gasteiger charge is -2.39. The first-order chi connectivity index (χ1) is 8.47. The summed E-state index contributed by atoms with van der Waals surface area (Å²) in [6.07, 6.45) is 3.86. The van der Waals surface area contributed by atoms with E-state index in [1.807, 2.05) is 4.90 Å². The molecule has 0 bridgehead atoms. The highest BCUT2D eigenvalue weighted by Gasteiger charge is 2.35. The second-order valence-corrected chi connectivity index (χ2v) is 6.14. The van der Waals surface area contributed by atoms with E-state index in [1.54, 1.807) is 6.92 Å². The molecule has 0 radical (unpaired) electrons. The van der Waals surface area contributed by atoms with Crippen LogP contribution >= 0.6 is 0 Å². The number of carbonyl (C=O) groups is 2. The Morgan fingerprint density at radius 1 is 1.06 bits per heavy atom. The maximum Gasteiger partial charge on any atom is 0.245 e. The summed E-state index contributed by atoms with van der Waals surface area (Å²) in [5.41, 5.74) is 0. The lowest BCUT2D eigenvalue weighted by Crippen LogP contribution is -2.49. The molecule has 0 aromatic carbocycles. The third-order valence-electron chi connectivity index (χ3n) is 4.21. The van der Waals surface area contributed by atoms with Crippen molar-refractivity contribution < 1.29 is 9.59 Å². The second-order valence-electron chi connectivity index (χ2n) is 6.14. The molecule has 0 spiro atoms. The molecule has 2 amide bonds. The highest BCUT2D eigenvalue weighted by molar-refractivity contribution is 5.89. The van der Waals surface area contributed by atoms with Crippen LogP contribution in [0.15, 0.2) is 0 Å². The number of amides is 2. The first kappa shape index (κ1) is 13.4. The van der Waals surface area contributed by atoms with Crippen molar-refractivity contribution in [1.82, 2.24) is 10.2 Å². The molecule has 1 heterocycles. The zero-order valence-electron chi connectivity index (χ0n) is 11.6. The molecule has 2 aliphatic rings. The Morgan fingerprint density at radius 2 is 1.67 bits per heavy atom. The molecule has 0 aromatic rings. The maximum atomic E-state index is 12.3. The summed E-state index contributed by atoms with van der Waals surface area (Å²) in [5, 5.41) is 2.75. The van der Waals surface area contributed by atoms with Crippen LogP contribution in [-0.2, 0) is 9.59 Å². The van der Waals surface area contributed by atoms with Crippen LogP contribution in [0, 0.1) is 11.8 Å². The van der Waals surface area contributed by atoms with Gasteiger partial charge in [0.25, 0.3) is 0 Å². The smallest absolute Gasteiger partial charge is 0.245 e. The summed E-state index contributed by atoms with van der Waals surface area (Å²) >= 11 is 0. The van der Waals surface area contributed by atoms with Crippen molar-refractivity contribution in [3.8, 4) is 0 Å². The lowest BCUT2D eigenvalue weighted by atomic mass is 9.79.